The van der Waals surface area contributed by atoms with Gasteiger partial charge in [-0.1, -0.05) is 103 Å². The van der Waals surface area contributed by atoms with Crippen molar-refractivity contribution in [2.24, 2.45) is 0 Å². The summed E-state index contributed by atoms with van der Waals surface area (Å²) in [6, 6.07) is 84.4. The van der Waals surface area contributed by atoms with Crippen LogP contribution < -0.4 is 62.4 Å². The number of hydrogen-bond acceptors (Lipinski definition) is 19. The van der Waals surface area contributed by atoms with E-state index in [1.165, 1.54) is 0 Å². The summed E-state index contributed by atoms with van der Waals surface area (Å²) >= 11 is 0. The summed E-state index contributed by atoms with van der Waals surface area (Å²) in [5.74, 6) is 6.54. The molecule has 99 heavy (non-hydrogen) atoms. The molecule has 0 unspecified atom stereocenters. The monoisotopic (exact) mass is 1310 g/mol. The summed E-state index contributed by atoms with van der Waals surface area (Å²) in [7, 11) is 1.85. The molecule has 0 bridgehead atoms. The molecule has 490 valence electrons. The van der Waals surface area contributed by atoms with Gasteiger partial charge in [0, 0.05) is 78.4 Å². The average Bonchev–Trinajstić information content (AvgIpc) is 1.05. The Morgan fingerprint density at radius 3 is 1.22 bits per heavy atom. The fourth-order valence-electron chi connectivity index (χ4n) is 9.53. The maximum Gasteiger partial charge on any atom is 0.219 e. The minimum absolute atomic E-state index is 0.439. The van der Waals surface area contributed by atoms with Crippen LogP contribution in [0, 0.1) is 0 Å². The average molecular weight is 1310 g/mol. The zero-order valence-electron chi connectivity index (χ0n) is 53.8. The molecule has 14 aromatic rings. The van der Waals surface area contributed by atoms with E-state index in [4.69, 9.17) is 57.1 Å². The van der Waals surface area contributed by atoms with Gasteiger partial charge in [-0.3, -0.25) is 9.97 Å². The zero-order chi connectivity index (χ0) is 68.4. The van der Waals surface area contributed by atoms with E-state index in [2.05, 4.69) is 58.4 Å². The lowest BCUT2D eigenvalue weighted by Crippen LogP contribution is -2.03. The molecule has 0 atom stereocenters. The lowest BCUT2D eigenvalue weighted by Gasteiger charge is -2.14. The highest BCUT2D eigenvalue weighted by atomic mass is 16.5. The van der Waals surface area contributed by atoms with Gasteiger partial charge >= 0.3 is 0 Å². The second-order valence-corrected chi connectivity index (χ2v) is 21.7. The molecule has 7 aromatic heterocycles. The Labute approximate surface area is 573 Å². The van der Waals surface area contributed by atoms with Crippen molar-refractivity contribution in [1.29, 1.82) is 0 Å². The van der Waals surface area contributed by atoms with Crippen LogP contribution in [0.3, 0.4) is 0 Å². The first-order valence-corrected chi connectivity index (χ1v) is 31.3. The molecule has 0 aliphatic rings. The largest absolute Gasteiger partial charge is 0.493 e. The van der Waals surface area contributed by atoms with E-state index in [0.717, 1.165) is 85.4 Å². The molecule has 0 radical (unpaired) electrons. The number of rotatable bonds is 19. The fourth-order valence-corrected chi connectivity index (χ4v) is 9.53. The zero-order valence-corrected chi connectivity index (χ0v) is 53.8. The first-order chi connectivity index (χ1) is 48.5. The topological polar surface area (TPSA) is 288 Å². The van der Waals surface area contributed by atoms with Gasteiger partial charge in [-0.05, 0) is 150 Å². The Hall–Kier alpha value is -13.8. The summed E-state index contributed by atoms with van der Waals surface area (Å²) in [6.07, 6.45) is 12.2. The molecule has 0 amide bonds. The van der Waals surface area contributed by atoms with Crippen molar-refractivity contribution in [3.8, 4) is 109 Å². The molecule has 19 nitrogen and oxygen atoms in total. The van der Waals surface area contributed by atoms with Gasteiger partial charge in [-0.15, -0.1) is 0 Å². The van der Waals surface area contributed by atoms with Crippen LogP contribution >= 0.6 is 0 Å². The first-order valence-electron chi connectivity index (χ1n) is 31.3. The van der Waals surface area contributed by atoms with Crippen LogP contribution in [0.1, 0.15) is 5.56 Å². The van der Waals surface area contributed by atoms with Gasteiger partial charge in [0.2, 0.25) is 29.4 Å². The third-order valence-electron chi connectivity index (χ3n) is 14.5. The van der Waals surface area contributed by atoms with Crippen LogP contribution in [-0.4, -0.2) is 48.5 Å². The molecule has 7 aromatic carbocycles. The smallest absolute Gasteiger partial charge is 0.219 e. The molecule has 19 heteroatoms. The second-order valence-electron chi connectivity index (χ2n) is 21.7. The third-order valence-corrected chi connectivity index (χ3v) is 14.5. The Morgan fingerprint density at radius 2 is 0.727 bits per heavy atom. The maximum absolute atomic E-state index is 6.03. The lowest BCUT2D eigenvalue weighted by atomic mass is 9.97. The van der Waals surface area contributed by atoms with E-state index in [0.29, 0.717) is 76.0 Å². The Bertz CT molecular complexity index is 4750. The molecule has 0 saturated carbocycles. The quantitative estimate of drug-likeness (QED) is 0.0410. The summed E-state index contributed by atoms with van der Waals surface area (Å²) in [4.78, 5) is 29.6. The van der Waals surface area contributed by atoms with Crippen LogP contribution in [0.5, 0.6) is 63.9 Å². The Morgan fingerprint density at radius 1 is 0.303 bits per heavy atom. The van der Waals surface area contributed by atoms with Crippen LogP contribution in [0.2, 0.25) is 0 Å². The Kier molecular flexibility index (Phi) is 22.8. The van der Waals surface area contributed by atoms with Gasteiger partial charge in [-0.25, -0.2) is 24.9 Å². The third kappa shape index (κ3) is 20.1. The highest BCUT2D eigenvalue weighted by molar-refractivity contribution is 5.72. The highest BCUT2D eigenvalue weighted by Gasteiger charge is 2.14. The van der Waals surface area contributed by atoms with Gasteiger partial charge in [0.25, 0.3) is 0 Å². The van der Waals surface area contributed by atoms with Gasteiger partial charge in [-0.2, -0.15) is 0 Å². The Balaban J connectivity index is 0.000000135. The minimum Gasteiger partial charge on any atom is -0.493 e. The molecule has 0 fully saturated rings. The van der Waals surface area contributed by atoms with Crippen molar-refractivity contribution in [1.82, 2.24) is 34.9 Å². The molecule has 0 saturated heterocycles. The van der Waals surface area contributed by atoms with E-state index < -0.39 is 0 Å². The van der Waals surface area contributed by atoms with E-state index in [1.54, 1.807) is 98.0 Å². The van der Waals surface area contributed by atoms with E-state index in [-0.39, 0.29) is 0 Å². The van der Waals surface area contributed by atoms with Gasteiger partial charge in [0.15, 0.2) is 0 Å². The summed E-state index contributed by atoms with van der Waals surface area (Å²) in [6.45, 7) is 0.535. The van der Waals surface area contributed by atoms with Crippen LogP contribution in [0.4, 0.5) is 34.1 Å². The van der Waals surface area contributed by atoms with Crippen molar-refractivity contribution in [2.75, 3.05) is 47.6 Å². The van der Waals surface area contributed by atoms with Crippen molar-refractivity contribution in [3.05, 3.63) is 316 Å². The summed E-state index contributed by atoms with van der Waals surface area (Å²) in [5.41, 5.74) is 41.8. The van der Waals surface area contributed by atoms with Crippen LogP contribution in [-0.2, 0) is 6.42 Å². The minimum atomic E-state index is 0.439. The number of anilines is 6. The van der Waals surface area contributed by atoms with Crippen LogP contribution in [0.15, 0.2) is 310 Å². The maximum atomic E-state index is 6.03. The molecule has 0 aliphatic heterocycles. The van der Waals surface area contributed by atoms with E-state index in [1.807, 2.05) is 201 Å². The van der Waals surface area contributed by atoms with Crippen molar-refractivity contribution in [3.63, 3.8) is 0 Å². The van der Waals surface area contributed by atoms with Crippen molar-refractivity contribution in [2.45, 2.75) is 6.42 Å². The number of nitrogen functional groups attached to an aromatic ring is 5. The molecule has 7 heterocycles. The number of ether oxygens (including phenoxy) is 6. The lowest BCUT2D eigenvalue weighted by molar-refractivity contribution is 0.322. The normalized spacial score (nSPS) is 10.4. The molecule has 14 rings (SSSR count). The highest BCUT2D eigenvalue weighted by Crippen LogP contribution is 2.38. The predicted molar refractivity (Wildman–Crippen MR) is 392 cm³/mol. The molecule has 0 spiro atoms. The van der Waals surface area contributed by atoms with E-state index in [9.17, 15) is 0 Å². The van der Waals surface area contributed by atoms with Gasteiger partial charge in [0.05, 0.1) is 83.6 Å². The molecule has 0 aliphatic carbocycles. The second kappa shape index (κ2) is 33.9. The number of nitrogens with one attached hydrogen (secondary N) is 1. The van der Waals surface area contributed by atoms with E-state index >= 15 is 0 Å². The SMILES string of the molecule is CNc1ccc(Oc2ccc(-c3ccccc3)nc2)nc1.Nc1ccc(OCCc2cc(Oc3ccc(N)cn3)ccc2-c2ccccc2)cc1.Nc1ccc(Oc2ccc(-c3ccccc3)c(Oc3ccc(N)cn3)c2)nc1.Nc1ccc(Oc2ccc(-c3ccccn3)cc2)nc1. The molecular weight excluding hydrogens is 1240 g/mol. The number of nitrogens with zero attached hydrogens (tertiary/aromatic N) is 7. The molecular formula is C80H69N13O6. The van der Waals surface area contributed by atoms with Gasteiger partial charge in [0.1, 0.15) is 34.5 Å². The van der Waals surface area contributed by atoms with Crippen molar-refractivity contribution < 1.29 is 28.4 Å². The standard InChI is InChI=1S/C25H23N3O2.C22H18N4O2.C17H15N3O.C16H13N3O/c26-20-6-9-22(10-7-20)29-15-14-19-16-23(30-25-13-8-21(27)17-28-25)11-12-24(19)18-4-2-1-3-5-18;23-16-6-10-21(25-13-16)27-18-8-9-19(15-4-2-1-3-5-15)20(12-18)28-22-11-7-17(24)14-26-22;1-18-14-7-10-17(20-11-14)21-15-8-9-16(19-12-15)13-5-3-2-4-6-13;17-13-6-9-16(19-11-13)20-14-7-4-12(5-8-14)15-3-1-2-10-18-15/h1-13,16-17H,14-15,26-27H2;1-14H,23-24H2;2-12,18H,1H3;1-11H,17H2. The fraction of sp³-hybridized carbons (Fsp3) is 0.0375. The number of nitrogens with two attached hydrogens (primary N) is 5. The summed E-state index contributed by atoms with van der Waals surface area (Å²) in [5, 5.41) is 3.01. The number of pyridine rings is 7. The molecule has 11 N–H and O–H groups in total. The predicted octanol–water partition coefficient (Wildman–Crippen LogP) is 17.7. The van der Waals surface area contributed by atoms with Gasteiger partial charge < -0.3 is 62.4 Å². The number of benzene rings is 7. The first kappa shape index (κ1) is 66.6. The van der Waals surface area contributed by atoms with Crippen molar-refractivity contribution >= 4 is 34.1 Å². The summed E-state index contributed by atoms with van der Waals surface area (Å²) < 4.78 is 35.0. The number of aromatic nitrogens is 7. The number of hydrogen-bond donors (Lipinski definition) is 6. The van der Waals surface area contributed by atoms with Crippen LogP contribution in [0.25, 0.3) is 44.8 Å².